The Labute approximate surface area is 96.8 Å². The Morgan fingerprint density at radius 1 is 1.31 bits per heavy atom. The fourth-order valence-electron chi connectivity index (χ4n) is 2.01. The summed E-state index contributed by atoms with van der Waals surface area (Å²) in [7, 11) is 3.55. The molecular formula is C13H20FNO. The molecular weight excluding hydrogens is 205 g/mol. The summed E-state index contributed by atoms with van der Waals surface area (Å²) in [6, 6.07) is 6.66. The lowest BCUT2D eigenvalue weighted by Crippen LogP contribution is -2.34. The summed E-state index contributed by atoms with van der Waals surface area (Å²) in [6.07, 6.45) is 0.0341. The molecule has 0 saturated heterocycles. The molecule has 0 radical (unpaired) electrons. The molecule has 0 saturated carbocycles. The zero-order valence-corrected chi connectivity index (χ0v) is 10.3. The number of hydrogen-bond acceptors (Lipinski definition) is 2. The fourth-order valence-corrected chi connectivity index (χ4v) is 2.01. The minimum atomic E-state index is -0.212. The summed E-state index contributed by atoms with van der Waals surface area (Å²) >= 11 is 0. The molecule has 1 rings (SSSR count). The first-order chi connectivity index (χ1) is 7.60. The largest absolute Gasteiger partial charge is 0.379 e. The predicted octanol–water partition coefficient (Wildman–Crippen LogP) is 2.76. The Balaban J connectivity index is 2.96. The van der Waals surface area contributed by atoms with Crippen molar-refractivity contribution >= 4 is 0 Å². The SMILES string of the molecule is CNC(c1cccc(F)c1)C(OC)C(C)C. The second kappa shape index (κ2) is 5.97. The molecule has 2 atom stereocenters. The van der Waals surface area contributed by atoms with Crippen LogP contribution in [0.15, 0.2) is 24.3 Å². The third kappa shape index (κ3) is 3.03. The monoisotopic (exact) mass is 225 g/mol. The van der Waals surface area contributed by atoms with Gasteiger partial charge in [-0.1, -0.05) is 26.0 Å². The van der Waals surface area contributed by atoms with Gasteiger partial charge in [-0.3, -0.25) is 0 Å². The third-order valence-corrected chi connectivity index (χ3v) is 2.78. The van der Waals surface area contributed by atoms with E-state index in [2.05, 4.69) is 19.2 Å². The number of methoxy groups -OCH3 is 1. The van der Waals surface area contributed by atoms with Gasteiger partial charge >= 0.3 is 0 Å². The minimum Gasteiger partial charge on any atom is -0.379 e. The van der Waals surface area contributed by atoms with E-state index in [4.69, 9.17) is 4.74 Å². The van der Waals surface area contributed by atoms with E-state index in [1.165, 1.54) is 6.07 Å². The molecule has 90 valence electrons. The molecule has 1 N–H and O–H groups in total. The van der Waals surface area contributed by atoms with Crippen molar-refractivity contribution in [1.82, 2.24) is 5.32 Å². The van der Waals surface area contributed by atoms with Gasteiger partial charge in [0.1, 0.15) is 5.82 Å². The van der Waals surface area contributed by atoms with Crippen LogP contribution in [0.1, 0.15) is 25.5 Å². The van der Waals surface area contributed by atoms with E-state index in [1.807, 2.05) is 13.1 Å². The maximum atomic E-state index is 13.2. The quantitative estimate of drug-likeness (QED) is 0.832. The molecule has 0 aliphatic heterocycles. The molecule has 0 aromatic heterocycles. The molecule has 16 heavy (non-hydrogen) atoms. The molecule has 2 unspecified atom stereocenters. The first kappa shape index (κ1) is 13.1. The highest BCUT2D eigenvalue weighted by Gasteiger charge is 2.24. The van der Waals surface area contributed by atoms with Gasteiger partial charge in [0.25, 0.3) is 0 Å². The van der Waals surface area contributed by atoms with Crippen molar-refractivity contribution in [2.45, 2.75) is 26.0 Å². The van der Waals surface area contributed by atoms with Crippen LogP contribution in [0, 0.1) is 11.7 Å². The Morgan fingerprint density at radius 2 is 2.00 bits per heavy atom. The van der Waals surface area contributed by atoms with E-state index in [0.717, 1.165) is 5.56 Å². The number of halogens is 1. The minimum absolute atomic E-state index is 0.0145. The molecule has 0 fully saturated rings. The topological polar surface area (TPSA) is 21.3 Å². The van der Waals surface area contributed by atoms with Crippen LogP contribution in [0.25, 0.3) is 0 Å². The molecule has 0 spiro atoms. The zero-order chi connectivity index (χ0) is 12.1. The number of likely N-dealkylation sites (N-methyl/N-ethyl adjacent to an activating group) is 1. The number of benzene rings is 1. The molecule has 3 heteroatoms. The van der Waals surface area contributed by atoms with Crippen LogP contribution >= 0.6 is 0 Å². The Bertz CT molecular complexity index is 327. The summed E-state index contributed by atoms with van der Waals surface area (Å²) < 4.78 is 18.6. The molecule has 0 aliphatic carbocycles. The van der Waals surface area contributed by atoms with Crippen molar-refractivity contribution in [3.05, 3.63) is 35.6 Å². The lowest BCUT2D eigenvalue weighted by molar-refractivity contribution is 0.0347. The molecule has 0 amide bonds. The van der Waals surface area contributed by atoms with Crippen molar-refractivity contribution in [2.24, 2.45) is 5.92 Å². The highest BCUT2D eigenvalue weighted by Crippen LogP contribution is 2.24. The van der Waals surface area contributed by atoms with Crippen molar-refractivity contribution < 1.29 is 9.13 Å². The molecule has 0 bridgehead atoms. The summed E-state index contributed by atoms with van der Waals surface area (Å²) in [5.41, 5.74) is 0.919. The smallest absolute Gasteiger partial charge is 0.123 e. The van der Waals surface area contributed by atoms with E-state index < -0.39 is 0 Å². The molecule has 0 heterocycles. The average molecular weight is 225 g/mol. The van der Waals surface area contributed by atoms with Crippen molar-refractivity contribution in [3.8, 4) is 0 Å². The van der Waals surface area contributed by atoms with Crippen LogP contribution in [0.4, 0.5) is 4.39 Å². The van der Waals surface area contributed by atoms with Gasteiger partial charge in [-0.05, 0) is 30.7 Å². The van der Waals surface area contributed by atoms with Crippen molar-refractivity contribution in [2.75, 3.05) is 14.2 Å². The van der Waals surface area contributed by atoms with Gasteiger partial charge in [0.2, 0.25) is 0 Å². The summed E-state index contributed by atoms with van der Waals surface area (Å²) in [6.45, 7) is 4.19. The lowest BCUT2D eigenvalue weighted by Gasteiger charge is -2.29. The van der Waals surface area contributed by atoms with E-state index in [-0.39, 0.29) is 18.0 Å². The molecule has 2 nitrogen and oxygen atoms in total. The summed E-state index contributed by atoms with van der Waals surface area (Å²) in [5, 5.41) is 3.19. The maximum absolute atomic E-state index is 13.2. The third-order valence-electron chi connectivity index (χ3n) is 2.78. The van der Waals surface area contributed by atoms with Crippen molar-refractivity contribution in [1.29, 1.82) is 0 Å². The number of rotatable bonds is 5. The van der Waals surface area contributed by atoms with Gasteiger partial charge in [0, 0.05) is 7.11 Å². The van der Waals surface area contributed by atoms with Gasteiger partial charge in [0.15, 0.2) is 0 Å². The second-order valence-electron chi connectivity index (χ2n) is 4.27. The van der Waals surface area contributed by atoms with Gasteiger partial charge < -0.3 is 10.1 Å². The van der Waals surface area contributed by atoms with Crippen LogP contribution in [-0.2, 0) is 4.74 Å². The predicted molar refractivity (Wildman–Crippen MR) is 63.8 cm³/mol. The molecule has 1 aromatic carbocycles. The summed E-state index contributed by atoms with van der Waals surface area (Å²) in [4.78, 5) is 0. The van der Waals surface area contributed by atoms with E-state index in [9.17, 15) is 4.39 Å². The van der Waals surface area contributed by atoms with Gasteiger partial charge in [0.05, 0.1) is 12.1 Å². The number of nitrogens with one attached hydrogen (secondary N) is 1. The van der Waals surface area contributed by atoms with Crippen LogP contribution < -0.4 is 5.32 Å². The van der Waals surface area contributed by atoms with Crippen LogP contribution in [0.2, 0.25) is 0 Å². The van der Waals surface area contributed by atoms with Gasteiger partial charge in [-0.2, -0.15) is 0 Å². The standard InChI is InChI=1S/C13H20FNO/c1-9(2)13(16-4)12(15-3)10-6-5-7-11(14)8-10/h5-9,12-13,15H,1-4H3. The van der Waals surface area contributed by atoms with E-state index in [1.54, 1.807) is 19.2 Å². The first-order valence-corrected chi connectivity index (χ1v) is 5.55. The molecule has 0 aliphatic rings. The van der Waals surface area contributed by atoms with Crippen LogP contribution in [0.3, 0.4) is 0 Å². The Morgan fingerprint density at radius 3 is 2.44 bits per heavy atom. The fraction of sp³-hybridized carbons (Fsp3) is 0.538. The van der Waals surface area contributed by atoms with Crippen LogP contribution in [-0.4, -0.2) is 20.3 Å². The Hall–Kier alpha value is -0.930. The Kier molecular flexibility index (Phi) is 4.90. The first-order valence-electron chi connectivity index (χ1n) is 5.55. The zero-order valence-electron chi connectivity index (χ0n) is 10.3. The van der Waals surface area contributed by atoms with Gasteiger partial charge in [-0.25, -0.2) is 4.39 Å². The summed E-state index contributed by atoms with van der Waals surface area (Å²) in [5.74, 6) is 0.155. The number of hydrogen-bond donors (Lipinski definition) is 1. The van der Waals surface area contributed by atoms with Gasteiger partial charge in [-0.15, -0.1) is 0 Å². The highest BCUT2D eigenvalue weighted by molar-refractivity contribution is 5.21. The van der Waals surface area contributed by atoms with Crippen molar-refractivity contribution in [3.63, 3.8) is 0 Å². The highest BCUT2D eigenvalue weighted by atomic mass is 19.1. The second-order valence-corrected chi connectivity index (χ2v) is 4.27. The van der Waals surface area contributed by atoms with E-state index >= 15 is 0 Å². The maximum Gasteiger partial charge on any atom is 0.123 e. The number of ether oxygens (including phenoxy) is 1. The molecule has 1 aromatic rings. The van der Waals surface area contributed by atoms with Crippen LogP contribution in [0.5, 0.6) is 0 Å². The lowest BCUT2D eigenvalue weighted by atomic mass is 9.93. The normalized spacial score (nSPS) is 15.1. The average Bonchev–Trinajstić information content (AvgIpc) is 2.25. The van der Waals surface area contributed by atoms with E-state index in [0.29, 0.717) is 5.92 Å².